The van der Waals surface area contributed by atoms with Crippen LogP contribution in [0, 0.1) is 5.92 Å². The lowest BCUT2D eigenvalue weighted by Gasteiger charge is -2.22. The molecule has 0 saturated heterocycles. The first-order valence-corrected chi connectivity index (χ1v) is 15.4. The Hall–Kier alpha value is -1.99. The fraction of sp³-hybridized carbons (Fsp3) is 0.350. The molecule has 2 N–H and O–H groups in total. The van der Waals surface area contributed by atoms with Gasteiger partial charge in [0.25, 0.3) is 5.56 Å². The molecule has 2 aromatic heterocycles. The van der Waals surface area contributed by atoms with E-state index in [2.05, 4.69) is 37.7 Å². The average Bonchev–Trinajstić information content (AvgIpc) is 3.60. The maximum absolute atomic E-state index is 13.3. The van der Waals surface area contributed by atoms with Gasteiger partial charge in [0.1, 0.15) is 11.2 Å². The number of carbonyl (C=O) groups is 1. The molecule has 1 aliphatic carbocycles. The van der Waals surface area contributed by atoms with E-state index < -0.39 is 11.7 Å². The fourth-order valence-electron chi connectivity index (χ4n) is 3.44. The Kier molecular flexibility index (Phi) is 7.07. The van der Waals surface area contributed by atoms with Crippen molar-refractivity contribution in [2.75, 3.05) is 28.2 Å². The van der Waals surface area contributed by atoms with Crippen molar-refractivity contribution < 1.29 is 18.0 Å². The van der Waals surface area contributed by atoms with Gasteiger partial charge in [0, 0.05) is 32.3 Å². The Balaban J connectivity index is 1.86. The number of hydrogen-bond donors (Lipinski definition) is 2. The molecule has 1 unspecified atom stereocenters. The van der Waals surface area contributed by atoms with E-state index >= 15 is 0 Å². The smallest absolute Gasteiger partial charge is 0.353 e. The molecular weight excluding hydrogens is 603 g/mol. The highest BCUT2D eigenvalue weighted by molar-refractivity contribution is 14.2. The molecule has 14 heteroatoms. The Morgan fingerprint density at radius 1 is 1.29 bits per heavy atom. The van der Waals surface area contributed by atoms with Gasteiger partial charge in [-0.15, -0.1) is 0 Å². The molecule has 1 aromatic carbocycles. The van der Waals surface area contributed by atoms with Crippen LogP contribution >= 0.6 is 40.4 Å². The van der Waals surface area contributed by atoms with E-state index in [0.29, 0.717) is 22.7 Å². The zero-order chi connectivity index (χ0) is 24.8. The second-order valence-electron chi connectivity index (χ2n) is 7.78. The van der Waals surface area contributed by atoms with Crippen molar-refractivity contribution in [3.05, 3.63) is 40.2 Å². The highest BCUT2D eigenvalue weighted by Gasteiger charge is 2.32. The number of carbonyl (C=O) groups excluding carboxylic acids is 1. The van der Waals surface area contributed by atoms with E-state index in [9.17, 15) is 22.8 Å². The molecule has 0 radical (unpaired) electrons. The van der Waals surface area contributed by atoms with Crippen molar-refractivity contribution in [1.29, 1.82) is 0 Å². The molecule has 1 atom stereocenters. The molecule has 182 valence electrons. The topological polar surface area (TPSA) is 84.2 Å². The van der Waals surface area contributed by atoms with E-state index in [1.165, 1.54) is 22.7 Å². The molecule has 0 bridgehead atoms. The van der Waals surface area contributed by atoms with Gasteiger partial charge < -0.3 is 14.9 Å². The van der Waals surface area contributed by atoms with Gasteiger partial charge in [-0.05, 0) is 53.1 Å². The number of hydrogen-bond acceptors (Lipinski definition) is 6. The molecule has 1 fully saturated rings. The monoisotopic (exact) mass is 624 g/mol. The van der Waals surface area contributed by atoms with Gasteiger partial charge in [0.2, 0.25) is 5.91 Å². The SMILES string of the molecule is CSN(C)c1cc(C(F)(F)F)ccc1Nc1cc(NC(=O)C2CC2)nc2c1c(=O)n(C)n2PI. The van der Waals surface area contributed by atoms with Crippen molar-refractivity contribution in [2.24, 2.45) is 13.0 Å². The number of pyridine rings is 1. The lowest BCUT2D eigenvalue weighted by molar-refractivity contribution is -0.137. The van der Waals surface area contributed by atoms with E-state index in [0.717, 1.165) is 25.0 Å². The highest BCUT2D eigenvalue weighted by Crippen LogP contribution is 2.40. The van der Waals surface area contributed by atoms with Crippen LogP contribution in [-0.2, 0) is 18.0 Å². The maximum atomic E-state index is 13.3. The summed E-state index contributed by atoms with van der Waals surface area (Å²) in [6.07, 6.45) is -0.945. The molecule has 8 nitrogen and oxygen atoms in total. The number of nitrogens with one attached hydrogen (secondary N) is 2. The van der Waals surface area contributed by atoms with E-state index in [4.69, 9.17) is 0 Å². The normalized spacial score (nSPS) is 14.2. The number of amides is 1. The summed E-state index contributed by atoms with van der Waals surface area (Å²) >= 11 is 3.38. The van der Waals surface area contributed by atoms with E-state index in [1.54, 1.807) is 35.2 Å². The number of aromatic nitrogens is 3. The molecule has 1 saturated carbocycles. The summed E-state index contributed by atoms with van der Waals surface area (Å²) in [5, 5.41) is 6.22. The van der Waals surface area contributed by atoms with Gasteiger partial charge in [-0.3, -0.25) is 9.59 Å². The van der Waals surface area contributed by atoms with Gasteiger partial charge >= 0.3 is 6.18 Å². The van der Waals surface area contributed by atoms with Crippen LogP contribution in [0.25, 0.3) is 11.0 Å². The van der Waals surface area contributed by atoms with Gasteiger partial charge in [0.05, 0.1) is 29.0 Å². The first kappa shape index (κ1) is 25.1. The third-order valence-corrected chi connectivity index (χ3v) is 8.28. The van der Waals surface area contributed by atoms with Gasteiger partial charge in [-0.2, -0.15) is 13.2 Å². The summed E-state index contributed by atoms with van der Waals surface area (Å²) in [5.74, 6) is 0.0829. The van der Waals surface area contributed by atoms with Crippen LogP contribution in [0.1, 0.15) is 18.4 Å². The summed E-state index contributed by atoms with van der Waals surface area (Å²) < 4.78 is 44.8. The average molecular weight is 624 g/mol. The van der Waals surface area contributed by atoms with Gasteiger partial charge in [-0.25, -0.2) is 14.1 Å². The van der Waals surface area contributed by atoms with Crippen molar-refractivity contribution in [3.63, 3.8) is 0 Å². The minimum atomic E-state index is -4.49. The standard InChI is InChI=1S/C20H21F3IN6O2PS/c1-28-19(32)16-13(9-15(26-17(16)30(28)33-24)27-18(31)10-4-5-10)25-12-7-6-11(20(21,22)23)8-14(12)29(2)34-3/h6-10,33H,4-5H2,1-3H3,(H2,25,26,27,31). The predicted molar refractivity (Wildman–Crippen MR) is 141 cm³/mol. The van der Waals surface area contributed by atoms with Crippen LogP contribution in [0.15, 0.2) is 29.1 Å². The van der Waals surface area contributed by atoms with Crippen molar-refractivity contribution >= 4 is 80.2 Å². The van der Waals surface area contributed by atoms with E-state index in [-0.39, 0.29) is 35.0 Å². The molecule has 0 aliphatic heterocycles. The molecule has 2 heterocycles. The molecule has 3 aromatic rings. The molecule has 4 rings (SSSR count). The Morgan fingerprint density at radius 2 is 2.00 bits per heavy atom. The van der Waals surface area contributed by atoms with Crippen molar-refractivity contribution in [3.8, 4) is 0 Å². The Labute approximate surface area is 212 Å². The molecule has 0 spiro atoms. The minimum Gasteiger partial charge on any atom is -0.353 e. The lowest BCUT2D eigenvalue weighted by atomic mass is 10.1. The number of benzene rings is 1. The number of anilines is 4. The highest BCUT2D eigenvalue weighted by atomic mass is 127. The Morgan fingerprint density at radius 3 is 2.59 bits per heavy atom. The first-order valence-electron chi connectivity index (χ1n) is 10.1. The minimum absolute atomic E-state index is 0.0462. The number of fused-ring (bicyclic) bond motifs is 1. The van der Waals surface area contributed by atoms with Crippen molar-refractivity contribution in [1.82, 2.24) is 14.1 Å². The molecular formula is C20H21F3IN6O2PS. The maximum Gasteiger partial charge on any atom is 0.416 e. The number of alkyl halides is 3. The summed E-state index contributed by atoms with van der Waals surface area (Å²) in [5.41, 5.74) is 0.315. The van der Waals surface area contributed by atoms with Crippen LogP contribution in [-0.4, -0.2) is 33.3 Å². The molecule has 1 amide bonds. The fourth-order valence-corrected chi connectivity index (χ4v) is 5.89. The molecule has 1 aliphatic rings. The van der Waals surface area contributed by atoms with Crippen LogP contribution in [0.4, 0.5) is 36.1 Å². The molecule has 34 heavy (non-hydrogen) atoms. The van der Waals surface area contributed by atoms with Crippen molar-refractivity contribution in [2.45, 2.75) is 19.0 Å². The number of halogens is 4. The third kappa shape index (κ3) is 4.87. The zero-order valence-electron chi connectivity index (χ0n) is 18.3. The van der Waals surface area contributed by atoms with Gasteiger partial charge in [-0.1, -0.05) is 11.9 Å². The summed E-state index contributed by atoms with van der Waals surface area (Å²) in [7, 11) is 3.27. The van der Waals surface area contributed by atoms with Crippen LogP contribution in [0.2, 0.25) is 0 Å². The summed E-state index contributed by atoms with van der Waals surface area (Å²) in [6.45, 7) is 0. The van der Waals surface area contributed by atoms with Crippen LogP contribution < -0.4 is 20.5 Å². The zero-order valence-corrected chi connectivity index (χ0v) is 22.3. The summed E-state index contributed by atoms with van der Waals surface area (Å²) in [6, 6.07) is 4.93. The third-order valence-electron chi connectivity index (χ3n) is 5.50. The number of rotatable bonds is 7. The van der Waals surface area contributed by atoms with Crippen LogP contribution in [0.5, 0.6) is 0 Å². The first-order chi connectivity index (χ1) is 16.0. The predicted octanol–water partition coefficient (Wildman–Crippen LogP) is 5.35. The van der Waals surface area contributed by atoms with Crippen LogP contribution in [0.3, 0.4) is 0 Å². The number of nitrogens with zero attached hydrogens (tertiary/aromatic N) is 4. The van der Waals surface area contributed by atoms with E-state index in [1.807, 2.05) is 0 Å². The second-order valence-corrected chi connectivity index (χ2v) is 10.7. The quantitative estimate of drug-likeness (QED) is 0.210. The Bertz CT molecular complexity index is 1320. The largest absolute Gasteiger partial charge is 0.416 e. The summed E-state index contributed by atoms with van der Waals surface area (Å²) in [4.78, 5) is 29.9. The lowest BCUT2D eigenvalue weighted by Crippen LogP contribution is -2.16. The van der Waals surface area contributed by atoms with Gasteiger partial charge in [0.15, 0.2) is 5.65 Å². The second kappa shape index (κ2) is 9.57.